The maximum atomic E-state index is 12.9. The van der Waals surface area contributed by atoms with Crippen LogP contribution in [-0.4, -0.2) is 52.0 Å². The first kappa shape index (κ1) is 17.6. The first-order valence-corrected chi connectivity index (χ1v) is 8.91. The van der Waals surface area contributed by atoms with E-state index in [1.54, 1.807) is 13.0 Å². The Morgan fingerprint density at radius 1 is 1.30 bits per heavy atom. The maximum absolute atomic E-state index is 12.9. The lowest BCUT2D eigenvalue weighted by Gasteiger charge is -2.23. The van der Waals surface area contributed by atoms with Crippen molar-refractivity contribution in [3.05, 3.63) is 18.2 Å². The Balaban J connectivity index is 2.35. The molecule has 2 rings (SSSR count). The zero-order valence-electron chi connectivity index (χ0n) is 13.5. The number of carbonyl (C=O) groups is 1. The van der Waals surface area contributed by atoms with Gasteiger partial charge in [-0.15, -0.1) is 0 Å². The first-order chi connectivity index (χ1) is 11.0. The van der Waals surface area contributed by atoms with Gasteiger partial charge in [0.1, 0.15) is 6.04 Å². The summed E-state index contributed by atoms with van der Waals surface area (Å²) in [6.07, 6.45) is 1.19. The van der Waals surface area contributed by atoms with Crippen LogP contribution >= 0.6 is 0 Å². The van der Waals surface area contributed by atoms with Gasteiger partial charge in [0.25, 0.3) is 0 Å². The average Bonchev–Trinajstić information content (AvgIpc) is 3.05. The quantitative estimate of drug-likeness (QED) is 0.833. The van der Waals surface area contributed by atoms with Crippen molar-refractivity contribution < 1.29 is 22.7 Å². The van der Waals surface area contributed by atoms with Crippen LogP contribution in [0.2, 0.25) is 0 Å². The molecule has 0 saturated carbocycles. The molecule has 1 aliphatic rings. The molecule has 7 nitrogen and oxygen atoms in total. The van der Waals surface area contributed by atoms with Crippen molar-refractivity contribution in [3.63, 3.8) is 0 Å². The lowest BCUT2D eigenvalue weighted by atomic mass is 10.2. The molecule has 0 radical (unpaired) electrons. The lowest BCUT2D eigenvalue weighted by Crippen LogP contribution is -2.45. The van der Waals surface area contributed by atoms with Crippen molar-refractivity contribution in [1.82, 2.24) is 9.62 Å². The van der Waals surface area contributed by atoms with E-state index in [9.17, 15) is 13.2 Å². The normalized spacial score (nSPS) is 18.7. The number of hydrogen-bond acceptors (Lipinski definition) is 5. The number of carbonyl (C=O) groups excluding carboxylic acids is 1. The van der Waals surface area contributed by atoms with Crippen molar-refractivity contribution >= 4 is 15.9 Å². The van der Waals surface area contributed by atoms with Crippen LogP contribution in [0, 0.1) is 0 Å². The third-order valence-corrected chi connectivity index (χ3v) is 5.72. The van der Waals surface area contributed by atoms with E-state index in [-0.39, 0.29) is 10.8 Å². The van der Waals surface area contributed by atoms with Crippen molar-refractivity contribution in [3.8, 4) is 11.5 Å². The van der Waals surface area contributed by atoms with Gasteiger partial charge < -0.3 is 14.8 Å². The molecule has 1 unspecified atom stereocenters. The Labute approximate surface area is 136 Å². The van der Waals surface area contributed by atoms with Crippen LogP contribution in [0.5, 0.6) is 11.5 Å². The molecule has 8 heteroatoms. The molecule has 0 bridgehead atoms. The third kappa shape index (κ3) is 3.42. The second-order valence-corrected chi connectivity index (χ2v) is 7.08. The minimum Gasteiger partial charge on any atom is -0.493 e. The lowest BCUT2D eigenvalue weighted by molar-refractivity contribution is -0.124. The number of sulfonamides is 1. The smallest absolute Gasteiger partial charge is 0.243 e. The number of nitrogens with one attached hydrogen (secondary N) is 1. The summed E-state index contributed by atoms with van der Waals surface area (Å²) in [6, 6.07) is 3.77. The predicted molar refractivity (Wildman–Crippen MR) is 85.1 cm³/mol. The van der Waals surface area contributed by atoms with E-state index in [0.717, 1.165) is 0 Å². The van der Waals surface area contributed by atoms with E-state index in [1.807, 2.05) is 0 Å². The number of benzene rings is 1. The van der Waals surface area contributed by atoms with Crippen LogP contribution in [0.3, 0.4) is 0 Å². The Kier molecular flexibility index (Phi) is 5.48. The van der Waals surface area contributed by atoms with Gasteiger partial charge in [-0.25, -0.2) is 8.42 Å². The molecule has 1 heterocycles. The van der Waals surface area contributed by atoms with Gasteiger partial charge in [0, 0.05) is 19.2 Å². The average molecular weight is 342 g/mol. The zero-order chi connectivity index (χ0) is 17.0. The third-order valence-electron chi connectivity index (χ3n) is 3.82. The Morgan fingerprint density at radius 3 is 2.61 bits per heavy atom. The van der Waals surface area contributed by atoms with Crippen LogP contribution in [0.1, 0.15) is 19.8 Å². The highest BCUT2D eigenvalue weighted by atomic mass is 32.2. The van der Waals surface area contributed by atoms with Crippen molar-refractivity contribution in [2.45, 2.75) is 30.7 Å². The number of rotatable bonds is 6. The van der Waals surface area contributed by atoms with E-state index in [0.29, 0.717) is 37.4 Å². The van der Waals surface area contributed by atoms with Gasteiger partial charge in [0.2, 0.25) is 15.9 Å². The van der Waals surface area contributed by atoms with E-state index < -0.39 is 16.1 Å². The molecule has 1 aliphatic heterocycles. The van der Waals surface area contributed by atoms with Crippen LogP contribution in [-0.2, 0) is 14.8 Å². The maximum Gasteiger partial charge on any atom is 0.243 e. The van der Waals surface area contributed by atoms with Crippen molar-refractivity contribution in [1.29, 1.82) is 0 Å². The summed E-state index contributed by atoms with van der Waals surface area (Å²) in [7, 11) is -0.842. The fourth-order valence-electron chi connectivity index (χ4n) is 2.69. The number of nitrogens with zero attached hydrogens (tertiary/aromatic N) is 1. The fraction of sp³-hybridized carbons (Fsp3) is 0.533. The van der Waals surface area contributed by atoms with Gasteiger partial charge in [-0.1, -0.05) is 0 Å². The summed E-state index contributed by atoms with van der Waals surface area (Å²) in [4.78, 5) is 12.2. The number of likely N-dealkylation sites (N-methyl/N-ethyl adjacent to an activating group) is 1. The van der Waals surface area contributed by atoms with Crippen molar-refractivity contribution in [2.24, 2.45) is 0 Å². The highest BCUT2D eigenvalue weighted by Gasteiger charge is 2.39. The molecule has 1 atom stereocenters. The van der Waals surface area contributed by atoms with Crippen LogP contribution in [0.4, 0.5) is 0 Å². The highest BCUT2D eigenvalue weighted by Crippen LogP contribution is 2.32. The minimum absolute atomic E-state index is 0.0892. The molecule has 128 valence electrons. The standard InChI is InChI=1S/C15H22N2O5S/c1-4-16-15(18)12-6-5-9-17(12)23(19,20)11-7-8-13(21-2)14(10-11)22-3/h7-8,10,12H,4-6,9H2,1-3H3,(H,16,18). The molecular weight excluding hydrogens is 320 g/mol. The molecule has 1 aromatic rings. The molecule has 0 aromatic heterocycles. The van der Waals surface area contributed by atoms with Crippen molar-refractivity contribution in [2.75, 3.05) is 27.3 Å². The van der Waals surface area contributed by atoms with Gasteiger partial charge in [0.15, 0.2) is 11.5 Å². The topological polar surface area (TPSA) is 84.9 Å². The van der Waals surface area contributed by atoms with Crippen LogP contribution in [0.25, 0.3) is 0 Å². The molecule has 0 spiro atoms. The van der Waals surface area contributed by atoms with Gasteiger partial charge in [-0.2, -0.15) is 4.31 Å². The first-order valence-electron chi connectivity index (χ1n) is 7.47. The van der Waals surface area contributed by atoms with Crippen LogP contribution < -0.4 is 14.8 Å². The summed E-state index contributed by atoms with van der Waals surface area (Å²) in [5.74, 6) is 0.532. The number of amides is 1. The van der Waals surface area contributed by atoms with Gasteiger partial charge in [-0.05, 0) is 31.9 Å². The Bertz CT molecular complexity index is 674. The number of hydrogen-bond donors (Lipinski definition) is 1. The highest BCUT2D eigenvalue weighted by molar-refractivity contribution is 7.89. The van der Waals surface area contributed by atoms with Crippen LogP contribution in [0.15, 0.2) is 23.1 Å². The number of methoxy groups -OCH3 is 2. The van der Waals surface area contributed by atoms with E-state index in [1.165, 1.54) is 30.7 Å². The molecule has 0 aliphatic carbocycles. The second kappa shape index (κ2) is 7.18. The monoisotopic (exact) mass is 342 g/mol. The van der Waals surface area contributed by atoms with Gasteiger partial charge in [-0.3, -0.25) is 4.79 Å². The summed E-state index contributed by atoms with van der Waals surface area (Å²) in [5, 5.41) is 2.69. The van der Waals surface area contributed by atoms with E-state index in [2.05, 4.69) is 5.32 Å². The summed E-state index contributed by atoms with van der Waals surface area (Å²) < 4.78 is 37.3. The molecule has 1 saturated heterocycles. The number of ether oxygens (including phenoxy) is 2. The Hall–Kier alpha value is -1.80. The predicted octanol–water partition coefficient (Wildman–Crippen LogP) is 0.993. The van der Waals surface area contributed by atoms with E-state index in [4.69, 9.17) is 9.47 Å². The summed E-state index contributed by atoms with van der Waals surface area (Å²) in [6.45, 7) is 2.61. The largest absolute Gasteiger partial charge is 0.493 e. The SMILES string of the molecule is CCNC(=O)C1CCCN1S(=O)(=O)c1ccc(OC)c(OC)c1. The summed E-state index contributed by atoms with van der Waals surface area (Å²) in [5.41, 5.74) is 0. The zero-order valence-corrected chi connectivity index (χ0v) is 14.4. The Morgan fingerprint density at radius 2 is 2.00 bits per heavy atom. The summed E-state index contributed by atoms with van der Waals surface area (Å²) >= 11 is 0. The molecule has 1 aromatic carbocycles. The second-order valence-electron chi connectivity index (χ2n) is 5.19. The molecule has 1 fully saturated rings. The molecule has 23 heavy (non-hydrogen) atoms. The molecule has 1 amide bonds. The molecule has 1 N–H and O–H groups in total. The van der Waals surface area contributed by atoms with Gasteiger partial charge >= 0.3 is 0 Å². The molecular formula is C15H22N2O5S. The van der Waals surface area contributed by atoms with E-state index >= 15 is 0 Å². The minimum atomic E-state index is -3.77. The van der Waals surface area contributed by atoms with Gasteiger partial charge in [0.05, 0.1) is 19.1 Å². The fourth-order valence-corrected chi connectivity index (χ4v) is 4.37.